The number of carbonyl (C=O) groups is 1. The number of ether oxygens (including phenoxy) is 1. The lowest BCUT2D eigenvalue weighted by atomic mass is 9.90. The van der Waals surface area contributed by atoms with Crippen LogP contribution in [0.5, 0.6) is 5.75 Å². The van der Waals surface area contributed by atoms with E-state index < -0.39 is 11.4 Å². The Hall–Kier alpha value is -1.03. The molecular formula is C13H17BrO3. The molecule has 0 bridgehead atoms. The summed E-state index contributed by atoms with van der Waals surface area (Å²) in [5, 5.41) is 8.97. The fraction of sp³-hybridized carbons (Fsp3) is 0.462. The molecule has 1 aromatic carbocycles. The highest BCUT2D eigenvalue weighted by atomic mass is 79.9. The van der Waals surface area contributed by atoms with Gasteiger partial charge in [-0.3, -0.25) is 4.79 Å². The number of carboxylic acids is 1. The molecule has 0 saturated heterocycles. The van der Waals surface area contributed by atoms with E-state index in [1.165, 1.54) is 0 Å². The average molecular weight is 301 g/mol. The molecule has 0 unspecified atom stereocenters. The lowest BCUT2D eigenvalue weighted by Crippen LogP contribution is -2.25. The van der Waals surface area contributed by atoms with Crippen molar-refractivity contribution >= 4 is 21.9 Å². The third-order valence-corrected chi connectivity index (χ3v) is 3.21. The number of halogens is 1. The second kappa shape index (κ2) is 5.54. The van der Waals surface area contributed by atoms with Crippen LogP contribution < -0.4 is 4.74 Å². The summed E-state index contributed by atoms with van der Waals surface area (Å²) in [5.74, 6) is -0.00683. The van der Waals surface area contributed by atoms with Gasteiger partial charge in [-0.2, -0.15) is 0 Å². The maximum Gasteiger partial charge on any atom is 0.309 e. The highest BCUT2D eigenvalue weighted by molar-refractivity contribution is 9.10. The molecular weight excluding hydrogens is 284 g/mol. The van der Waals surface area contributed by atoms with Gasteiger partial charge in [-0.15, -0.1) is 0 Å². The number of hydrogen-bond acceptors (Lipinski definition) is 2. The van der Waals surface area contributed by atoms with Crippen molar-refractivity contribution in [1.82, 2.24) is 0 Å². The molecule has 0 atom stereocenters. The van der Waals surface area contributed by atoms with Crippen LogP contribution >= 0.6 is 15.9 Å². The molecule has 0 aliphatic carbocycles. The zero-order valence-electron chi connectivity index (χ0n) is 10.3. The van der Waals surface area contributed by atoms with E-state index in [1.807, 2.05) is 25.1 Å². The molecule has 1 N–H and O–H groups in total. The lowest BCUT2D eigenvalue weighted by molar-refractivity contribution is -0.147. The van der Waals surface area contributed by atoms with Crippen molar-refractivity contribution in [3.63, 3.8) is 0 Å². The second-order valence-corrected chi connectivity index (χ2v) is 5.61. The molecule has 0 radical (unpaired) electrons. The van der Waals surface area contributed by atoms with E-state index in [0.717, 1.165) is 15.8 Å². The molecule has 0 amide bonds. The molecule has 3 nitrogen and oxygen atoms in total. The number of benzene rings is 1. The first-order chi connectivity index (χ1) is 7.83. The molecule has 0 saturated carbocycles. The van der Waals surface area contributed by atoms with Gasteiger partial charge in [-0.1, -0.05) is 22.0 Å². The first-order valence-corrected chi connectivity index (χ1v) is 6.24. The van der Waals surface area contributed by atoms with Crippen LogP contribution in [0.2, 0.25) is 0 Å². The Balaban J connectivity index is 2.57. The number of aliphatic carboxylic acids is 1. The highest BCUT2D eigenvalue weighted by Gasteiger charge is 2.26. The number of carboxylic acid groups (broad SMARTS) is 1. The van der Waals surface area contributed by atoms with Crippen molar-refractivity contribution in [2.75, 3.05) is 6.61 Å². The molecule has 0 aliphatic heterocycles. The standard InChI is InChI=1S/C13H17BrO3/c1-9-4-5-10(14)8-11(9)17-7-6-13(2,3)12(15)16/h4-5,8H,6-7H2,1-3H3,(H,15,16). The van der Waals surface area contributed by atoms with Gasteiger partial charge in [0.15, 0.2) is 0 Å². The van der Waals surface area contributed by atoms with E-state index in [9.17, 15) is 4.79 Å². The molecule has 0 heterocycles. The summed E-state index contributed by atoms with van der Waals surface area (Å²) in [5.41, 5.74) is 0.293. The van der Waals surface area contributed by atoms with E-state index in [4.69, 9.17) is 9.84 Å². The van der Waals surface area contributed by atoms with Crippen LogP contribution in [-0.4, -0.2) is 17.7 Å². The molecule has 0 fully saturated rings. The number of aryl methyl sites for hydroxylation is 1. The van der Waals surface area contributed by atoms with Crippen LogP contribution in [0, 0.1) is 12.3 Å². The first kappa shape index (κ1) is 14.0. The van der Waals surface area contributed by atoms with Crippen molar-refractivity contribution in [3.05, 3.63) is 28.2 Å². The van der Waals surface area contributed by atoms with Gasteiger partial charge >= 0.3 is 5.97 Å². The van der Waals surface area contributed by atoms with Crippen molar-refractivity contribution in [1.29, 1.82) is 0 Å². The Bertz CT molecular complexity index is 413. The van der Waals surface area contributed by atoms with Crippen LogP contribution in [0.1, 0.15) is 25.8 Å². The van der Waals surface area contributed by atoms with Crippen molar-refractivity contribution in [3.8, 4) is 5.75 Å². The Labute approximate surface area is 110 Å². The maximum atomic E-state index is 10.9. The van der Waals surface area contributed by atoms with Gasteiger partial charge in [0.05, 0.1) is 12.0 Å². The van der Waals surface area contributed by atoms with Crippen LogP contribution in [0.3, 0.4) is 0 Å². The topological polar surface area (TPSA) is 46.5 Å². The van der Waals surface area contributed by atoms with Crippen molar-refractivity contribution < 1.29 is 14.6 Å². The summed E-state index contributed by atoms with van der Waals surface area (Å²) in [6.07, 6.45) is 0.480. The minimum absolute atomic E-state index is 0.399. The van der Waals surface area contributed by atoms with Crippen molar-refractivity contribution in [2.24, 2.45) is 5.41 Å². The summed E-state index contributed by atoms with van der Waals surface area (Å²) in [4.78, 5) is 10.9. The fourth-order valence-electron chi connectivity index (χ4n) is 1.25. The molecule has 1 aromatic rings. The fourth-order valence-corrected chi connectivity index (χ4v) is 1.59. The average Bonchev–Trinajstić information content (AvgIpc) is 2.22. The predicted octanol–water partition coefficient (Wildman–Crippen LogP) is 3.64. The van der Waals surface area contributed by atoms with E-state index in [-0.39, 0.29) is 0 Å². The zero-order chi connectivity index (χ0) is 13.1. The number of rotatable bonds is 5. The Kier molecular flexibility index (Phi) is 4.57. The zero-order valence-corrected chi connectivity index (χ0v) is 11.9. The van der Waals surface area contributed by atoms with Gasteiger partial charge in [0.1, 0.15) is 5.75 Å². The largest absolute Gasteiger partial charge is 0.493 e. The Morgan fingerprint density at radius 1 is 1.47 bits per heavy atom. The normalized spacial score (nSPS) is 11.3. The summed E-state index contributed by atoms with van der Waals surface area (Å²) in [6.45, 7) is 5.76. The van der Waals surface area contributed by atoms with E-state index in [2.05, 4.69) is 15.9 Å². The third-order valence-electron chi connectivity index (χ3n) is 2.71. The predicted molar refractivity (Wildman–Crippen MR) is 70.4 cm³/mol. The number of hydrogen-bond donors (Lipinski definition) is 1. The van der Waals surface area contributed by atoms with Gasteiger partial charge in [0.25, 0.3) is 0 Å². The quantitative estimate of drug-likeness (QED) is 0.903. The van der Waals surface area contributed by atoms with Crippen LogP contribution in [0.15, 0.2) is 22.7 Å². The highest BCUT2D eigenvalue weighted by Crippen LogP contribution is 2.25. The molecule has 0 aromatic heterocycles. The van der Waals surface area contributed by atoms with Crippen molar-refractivity contribution in [2.45, 2.75) is 27.2 Å². The van der Waals surface area contributed by atoms with Gasteiger partial charge in [0, 0.05) is 4.47 Å². The van der Waals surface area contributed by atoms with Gasteiger partial charge in [0.2, 0.25) is 0 Å². The van der Waals surface area contributed by atoms with Crippen LogP contribution in [-0.2, 0) is 4.79 Å². The summed E-state index contributed by atoms with van der Waals surface area (Å²) in [6, 6.07) is 5.80. The SMILES string of the molecule is Cc1ccc(Br)cc1OCCC(C)(C)C(=O)O. The summed E-state index contributed by atoms with van der Waals surface area (Å²) >= 11 is 3.38. The molecule has 4 heteroatoms. The molecule has 94 valence electrons. The third kappa shape index (κ3) is 4.04. The van der Waals surface area contributed by atoms with E-state index in [0.29, 0.717) is 13.0 Å². The monoisotopic (exact) mass is 300 g/mol. The summed E-state index contributed by atoms with van der Waals surface area (Å²) < 4.78 is 6.56. The van der Waals surface area contributed by atoms with E-state index >= 15 is 0 Å². The molecule has 1 rings (SSSR count). The van der Waals surface area contributed by atoms with Crippen LogP contribution in [0.25, 0.3) is 0 Å². The minimum atomic E-state index is -0.799. The molecule has 17 heavy (non-hydrogen) atoms. The molecule has 0 spiro atoms. The summed E-state index contributed by atoms with van der Waals surface area (Å²) in [7, 11) is 0. The van der Waals surface area contributed by atoms with Crippen LogP contribution in [0.4, 0.5) is 0 Å². The molecule has 0 aliphatic rings. The first-order valence-electron chi connectivity index (χ1n) is 5.45. The lowest BCUT2D eigenvalue weighted by Gasteiger charge is -2.19. The van der Waals surface area contributed by atoms with Gasteiger partial charge in [-0.05, 0) is 44.9 Å². The second-order valence-electron chi connectivity index (χ2n) is 4.70. The minimum Gasteiger partial charge on any atom is -0.493 e. The van der Waals surface area contributed by atoms with E-state index in [1.54, 1.807) is 13.8 Å². The Morgan fingerprint density at radius 3 is 2.71 bits per heavy atom. The maximum absolute atomic E-state index is 10.9. The smallest absolute Gasteiger partial charge is 0.309 e. The van der Waals surface area contributed by atoms with Gasteiger partial charge < -0.3 is 9.84 Å². The van der Waals surface area contributed by atoms with Gasteiger partial charge in [-0.25, -0.2) is 0 Å². The Morgan fingerprint density at radius 2 is 2.12 bits per heavy atom.